The molecule has 1 unspecified atom stereocenters. The lowest BCUT2D eigenvalue weighted by atomic mass is 10.1. The number of hydrogen-bond acceptors (Lipinski definition) is 4. The van der Waals surface area contributed by atoms with Gasteiger partial charge in [-0.1, -0.05) is 35.9 Å². The molecule has 6 nitrogen and oxygen atoms in total. The third-order valence-electron chi connectivity index (χ3n) is 4.57. The van der Waals surface area contributed by atoms with Crippen LogP contribution in [-0.4, -0.2) is 60.2 Å². The quantitative estimate of drug-likeness (QED) is 0.364. The number of aliphatic hydroxyl groups excluding tert-OH is 1. The molecule has 0 bridgehead atoms. The van der Waals surface area contributed by atoms with Crippen molar-refractivity contribution >= 4 is 47.4 Å². The van der Waals surface area contributed by atoms with E-state index >= 15 is 0 Å². The number of anilines is 1. The number of aromatic nitrogens is 1. The molecule has 1 saturated heterocycles. The number of rotatable bonds is 5. The third kappa shape index (κ3) is 5.96. The van der Waals surface area contributed by atoms with Gasteiger partial charge < -0.3 is 20.2 Å². The van der Waals surface area contributed by atoms with Crippen molar-refractivity contribution in [3.63, 3.8) is 0 Å². The highest BCUT2D eigenvalue weighted by Gasteiger charge is 2.21. The second-order valence-corrected chi connectivity index (χ2v) is 6.80. The summed E-state index contributed by atoms with van der Waals surface area (Å²) in [7, 11) is 0. The second kappa shape index (κ2) is 11.4. The third-order valence-corrected chi connectivity index (χ3v) is 4.91. The first-order chi connectivity index (χ1) is 13.2. The van der Waals surface area contributed by atoms with Crippen molar-refractivity contribution in [2.45, 2.75) is 13.0 Å². The molecule has 1 atom stereocenters. The van der Waals surface area contributed by atoms with Gasteiger partial charge in [0.25, 0.3) is 0 Å². The molecule has 152 valence electrons. The van der Waals surface area contributed by atoms with Crippen molar-refractivity contribution < 1.29 is 5.11 Å². The van der Waals surface area contributed by atoms with Gasteiger partial charge in [0, 0.05) is 49.5 Å². The number of aliphatic hydroxyl groups is 1. The fraction of sp³-hybridized carbons (Fsp3) is 0.400. The summed E-state index contributed by atoms with van der Waals surface area (Å²) in [4.78, 5) is 13.6. The number of nitrogens with zero attached hydrogens (tertiary/aromatic N) is 4. The van der Waals surface area contributed by atoms with Gasteiger partial charge in [-0.2, -0.15) is 0 Å². The SMILES string of the molecule is CCNC(=NCC(O)c1ccccc1Cl)N1CCN(c2ccccn2)CC1.I. The molecule has 28 heavy (non-hydrogen) atoms. The zero-order valence-corrected chi connectivity index (χ0v) is 19.0. The van der Waals surface area contributed by atoms with Crippen LogP contribution in [0, 0.1) is 0 Å². The number of piperazine rings is 1. The van der Waals surface area contributed by atoms with Crippen LogP contribution < -0.4 is 10.2 Å². The first kappa shape index (κ1) is 22.7. The smallest absolute Gasteiger partial charge is 0.194 e. The molecule has 1 aliphatic rings. The van der Waals surface area contributed by atoms with Crippen molar-refractivity contribution in [1.29, 1.82) is 0 Å². The maximum atomic E-state index is 10.5. The van der Waals surface area contributed by atoms with Crippen molar-refractivity contribution in [2.24, 2.45) is 4.99 Å². The summed E-state index contributed by atoms with van der Waals surface area (Å²) in [5.41, 5.74) is 0.707. The average molecular weight is 516 g/mol. The highest BCUT2D eigenvalue weighted by molar-refractivity contribution is 14.0. The normalized spacial score (nSPS) is 15.8. The van der Waals surface area contributed by atoms with Gasteiger partial charge in [-0.3, -0.25) is 4.99 Å². The number of nitrogens with one attached hydrogen (secondary N) is 1. The molecule has 2 heterocycles. The molecule has 0 saturated carbocycles. The Labute approximate surface area is 188 Å². The molecule has 1 aromatic heterocycles. The minimum absolute atomic E-state index is 0. The highest BCUT2D eigenvalue weighted by Crippen LogP contribution is 2.22. The highest BCUT2D eigenvalue weighted by atomic mass is 127. The fourth-order valence-corrected chi connectivity index (χ4v) is 3.39. The molecule has 2 aromatic rings. The van der Waals surface area contributed by atoms with Crippen molar-refractivity contribution in [1.82, 2.24) is 15.2 Å². The average Bonchev–Trinajstić information content (AvgIpc) is 2.72. The summed E-state index contributed by atoms with van der Waals surface area (Å²) in [6.07, 6.45) is 1.10. The molecule has 2 N–H and O–H groups in total. The van der Waals surface area contributed by atoms with Gasteiger partial charge in [0.2, 0.25) is 0 Å². The van der Waals surface area contributed by atoms with Gasteiger partial charge >= 0.3 is 0 Å². The number of aliphatic imine (C=N–C) groups is 1. The van der Waals surface area contributed by atoms with Crippen LogP contribution in [0.5, 0.6) is 0 Å². The van der Waals surface area contributed by atoms with Crippen LogP contribution in [0.25, 0.3) is 0 Å². The zero-order chi connectivity index (χ0) is 19.1. The number of guanidine groups is 1. The molecular weight excluding hydrogens is 489 g/mol. The molecule has 0 aliphatic carbocycles. The first-order valence-corrected chi connectivity index (χ1v) is 9.68. The van der Waals surface area contributed by atoms with E-state index in [9.17, 15) is 5.11 Å². The van der Waals surface area contributed by atoms with Crippen molar-refractivity contribution in [3.8, 4) is 0 Å². The van der Waals surface area contributed by atoms with Crippen LogP contribution in [0.4, 0.5) is 5.82 Å². The maximum absolute atomic E-state index is 10.5. The lowest BCUT2D eigenvalue weighted by Crippen LogP contribution is -2.52. The van der Waals surface area contributed by atoms with Crippen LogP contribution in [0.2, 0.25) is 5.02 Å². The molecule has 0 amide bonds. The Bertz CT molecular complexity index is 753. The van der Waals surface area contributed by atoms with Gasteiger partial charge in [-0.15, -0.1) is 24.0 Å². The summed E-state index contributed by atoms with van der Waals surface area (Å²) in [5.74, 6) is 1.83. The van der Waals surface area contributed by atoms with E-state index in [1.54, 1.807) is 6.07 Å². The predicted molar refractivity (Wildman–Crippen MR) is 126 cm³/mol. The Hall–Kier alpha value is -1.58. The standard InChI is InChI=1S/C20H26ClN5O.HI/c1-2-22-20(24-15-18(27)16-7-3-4-8-17(16)21)26-13-11-25(12-14-26)19-9-5-6-10-23-19;/h3-10,18,27H,2,11-15H2,1H3,(H,22,24);1H. The molecular formula is C20H27ClIN5O. The van der Waals surface area contributed by atoms with Crippen LogP contribution in [0.15, 0.2) is 53.7 Å². The van der Waals surface area contributed by atoms with Crippen LogP contribution in [-0.2, 0) is 0 Å². The van der Waals surface area contributed by atoms with Crippen LogP contribution >= 0.6 is 35.6 Å². The molecule has 1 fully saturated rings. The monoisotopic (exact) mass is 515 g/mol. The van der Waals surface area contributed by atoms with E-state index in [0.29, 0.717) is 10.6 Å². The van der Waals surface area contributed by atoms with Gasteiger partial charge in [-0.25, -0.2) is 4.98 Å². The van der Waals surface area contributed by atoms with E-state index in [2.05, 4.69) is 25.1 Å². The Morgan fingerprint density at radius 1 is 1.18 bits per heavy atom. The molecule has 0 radical (unpaired) electrons. The minimum Gasteiger partial charge on any atom is -0.386 e. The van der Waals surface area contributed by atoms with Gasteiger partial charge in [0.1, 0.15) is 11.9 Å². The van der Waals surface area contributed by atoms with E-state index in [1.165, 1.54) is 0 Å². The summed E-state index contributed by atoms with van der Waals surface area (Å²) >= 11 is 6.17. The van der Waals surface area contributed by atoms with Gasteiger partial charge in [0.15, 0.2) is 5.96 Å². The van der Waals surface area contributed by atoms with E-state index in [-0.39, 0.29) is 30.5 Å². The van der Waals surface area contributed by atoms with Gasteiger partial charge in [-0.05, 0) is 25.1 Å². The lowest BCUT2D eigenvalue weighted by Gasteiger charge is -2.37. The molecule has 8 heteroatoms. The molecule has 3 rings (SSSR count). The lowest BCUT2D eigenvalue weighted by molar-refractivity contribution is 0.186. The largest absolute Gasteiger partial charge is 0.386 e. The van der Waals surface area contributed by atoms with E-state index in [4.69, 9.17) is 11.6 Å². The van der Waals surface area contributed by atoms with Gasteiger partial charge in [0.05, 0.1) is 6.54 Å². The van der Waals surface area contributed by atoms with Crippen LogP contribution in [0.3, 0.4) is 0 Å². The number of pyridine rings is 1. The Morgan fingerprint density at radius 2 is 1.89 bits per heavy atom. The number of benzene rings is 1. The molecule has 1 aliphatic heterocycles. The molecule has 1 aromatic carbocycles. The topological polar surface area (TPSA) is 64.0 Å². The van der Waals surface area contributed by atoms with E-state index in [0.717, 1.165) is 44.5 Å². The summed E-state index contributed by atoms with van der Waals surface area (Å²) in [5, 5.41) is 14.3. The first-order valence-electron chi connectivity index (χ1n) is 9.30. The number of halogens is 2. The molecule has 0 spiro atoms. The maximum Gasteiger partial charge on any atom is 0.194 e. The second-order valence-electron chi connectivity index (χ2n) is 6.39. The predicted octanol–water partition coefficient (Wildman–Crippen LogP) is 3.17. The number of hydrogen-bond donors (Lipinski definition) is 2. The zero-order valence-electron chi connectivity index (χ0n) is 16.0. The van der Waals surface area contributed by atoms with Crippen LogP contribution in [0.1, 0.15) is 18.6 Å². The summed E-state index contributed by atoms with van der Waals surface area (Å²) < 4.78 is 0. The Morgan fingerprint density at radius 3 is 2.54 bits per heavy atom. The van der Waals surface area contributed by atoms with E-state index in [1.807, 2.05) is 49.5 Å². The minimum atomic E-state index is -0.720. The van der Waals surface area contributed by atoms with Crippen molar-refractivity contribution in [2.75, 3.05) is 44.2 Å². The fourth-order valence-electron chi connectivity index (χ4n) is 3.13. The summed E-state index contributed by atoms with van der Waals surface area (Å²) in [6, 6.07) is 13.3. The van der Waals surface area contributed by atoms with E-state index < -0.39 is 6.10 Å². The Kier molecular flexibility index (Phi) is 9.27. The van der Waals surface area contributed by atoms with Crippen molar-refractivity contribution in [3.05, 3.63) is 59.2 Å². The summed E-state index contributed by atoms with van der Waals surface area (Å²) in [6.45, 7) is 6.57. The Balaban J connectivity index is 0.00000280.